The van der Waals surface area contributed by atoms with Crippen LogP contribution in [-0.4, -0.2) is 23.0 Å². The van der Waals surface area contributed by atoms with Crippen LogP contribution < -0.4 is 10.1 Å². The number of fused-ring (bicyclic) bond motifs is 1. The van der Waals surface area contributed by atoms with Gasteiger partial charge in [0, 0.05) is 23.7 Å². The van der Waals surface area contributed by atoms with Crippen LogP contribution in [0.2, 0.25) is 5.02 Å². The lowest BCUT2D eigenvalue weighted by Crippen LogP contribution is -2.20. The van der Waals surface area contributed by atoms with Crippen molar-refractivity contribution in [2.75, 3.05) is 7.05 Å². The predicted octanol–water partition coefficient (Wildman–Crippen LogP) is 3.74. The van der Waals surface area contributed by atoms with E-state index in [0.717, 1.165) is 10.2 Å². The second kappa shape index (κ2) is 6.44. The third-order valence-corrected chi connectivity index (χ3v) is 4.34. The number of aromatic hydroxyl groups is 1. The van der Waals surface area contributed by atoms with Gasteiger partial charge in [0.1, 0.15) is 11.5 Å². The van der Waals surface area contributed by atoms with Gasteiger partial charge < -0.3 is 15.2 Å². The molecule has 1 amide bonds. The van der Waals surface area contributed by atoms with E-state index in [2.05, 4.69) is 10.3 Å². The molecule has 0 saturated carbocycles. The summed E-state index contributed by atoms with van der Waals surface area (Å²) >= 11 is 7.31. The van der Waals surface area contributed by atoms with Crippen LogP contribution in [0, 0.1) is 0 Å². The van der Waals surface area contributed by atoms with Crippen molar-refractivity contribution in [3.8, 4) is 16.7 Å². The highest BCUT2D eigenvalue weighted by molar-refractivity contribution is 7.20. The Morgan fingerprint density at radius 2 is 2.17 bits per heavy atom. The van der Waals surface area contributed by atoms with Gasteiger partial charge in [0.15, 0.2) is 0 Å². The summed E-state index contributed by atoms with van der Waals surface area (Å²) in [4.78, 5) is 16.0. The van der Waals surface area contributed by atoms with E-state index < -0.39 is 0 Å². The highest BCUT2D eigenvalue weighted by Crippen LogP contribution is 2.35. The van der Waals surface area contributed by atoms with Crippen molar-refractivity contribution in [2.24, 2.45) is 0 Å². The Hall–Kier alpha value is -2.31. The molecule has 0 saturated heterocycles. The molecule has 3 rings (SSSR count). The molecule has 0 fully saturated rings. The molecule has 0 bridgehead atoms. The lowest BCUT2D eigenvalue weighted by Gasteiger charge is -2.09. The minimum Gasteiger partial charge on any atom is -0.508 e. The van der Waals surface area contributed by atoms with E-state index in [1.807, 2.05) is 12.1 Å². The largest absolute Gasteiger partial charge is 0.508 e. The van der Waals surface area contributed by atoms with Gasteiger partial charge >= 0.3 is 0 Å². The number of phenolic OH excluding ortho intramolecular Hbond substituents is 1. The zero-order valence-corrected chi connectivity index (χ0v) is 13.7. The number of benzene rings is 2. The Morgan fingerprint density at radius 3 is 2.96 bits per heavy atom. The SMILES string of the molecule is CNC(=O)Cc1ccc(O)cc1Oc1nc2ccc(Cl)cc2s1. The van der Waals surface area contributed by atoms with Gasteiger partial charge in [-0.15, -0.1) is 0 Å². The smallest absolute Gasteiger partial charge is 0.279 e. The Kier molecular flexibility index (Phi) is 4.36. The molecule has 5 nitrogen and oxygen atoms in total. The number of ether oxygens (including phenoxy) is 1. The number of aromatic nitrogens is 1. The highest BCUT2D eigenvalue weighted by Gasteiger charge is 2.13. The Labute approximate surface area is 141 Å². The van der Waals surface area contributed by atoms with Gasteiger partial charge in [-0.25, -0.2) is 4.98 Å². The number of nitrogens with one attached hydrogen (secondary N) is 1. The molecular formula is C16H13ClN2O3S. The maximum absolute atomic E-state index is 11.6. The first-order chi connectivity index (χ1) is 11.0. The first kappa shape index (κ1) is 15.6. The average molecular weight is 349 g/mol. The van der Waals surface area contributed by atoms with E-state index in [0.29, 0.717) is 21.5 Å². The third-order valence-electron chi connectivity index (χ3n) is 3.21. The molecule has 3 aromatic rings. The summed E-state index contributed by atoms with van der Waals surface area (Å²) in [5.41, 5.74) is 1.45. The zero-order valence-electron chi connectivity index (χ0n) is 12.2. The van der Waals surface area contributed by atoms with Crippen molar-refractivity contribution < 1.29 is 14.6 Å². The van der Waals surface area contributed by atoms with Crippen molar-refractivity contribution in [2.45, 2.75) is 6.42 Å². The van der Waals surface area contributed by atoms with Crippen LogP contribution in [0.3, 0.4) is 0 Å². The van der Waals surface area contributed by atoms with Crippen LogP contribution >= 0.6 is 22.9 Å². The van der Waals surface area contributed by atoms with Gasteiger partial charge in [-0.3, -0.25) is 4.79 Å². The van der Waals surface area contributed by atoms with Crippen molar-refractivity contribution >= 4 is 39.1 Å². The third kappa shape index (κ3) is 3.55. The average Bonchev–Trinajstić information content (AvgIpc) is 2.91. The van der Waals surface area contributed by atoms with Crippen molar-refractivity contribution in [1.29, 1.82) is 0 Å². The molecule has 0 atom stereocenters. The normalized spacial score (nSPS) is 10.7. The fraction of sp³-hybridized carbons (Fsp3) is 0.125. The zero-order chi connectivity index (χ0) is 16.4. The molecule has 2 aromatic carbocycles. The molecule has 1 heterocycles. The highest BCUT2D eigenvalue weighted by atomic mass is 35.5. The van der Waals surface area contributed by atoms with E-state index in [-0.39, 0.29) is 18.1 Å². The molecule has 0 spiro atoms. The number of thiazole rings is 1. The number of nitrogens with zero attached hydrogens (tertiary/aromatic N) is 1. The van der Waals surface area contributed by atoms with Gasteiger partial charge in [-0.05, 0) is 24.3 Å². The van der Waals surface area contributed by atoms with Crippen LogP contribution in [0.25, 0.3) is 10.2 Å². The van der Waals surface area contributed by atoms with Crippen molar-refractivity contribution in [3.63, 3.8) is 0 Å². The number of halogens is 1. The maximum atomic E-state index is 11.6. The summed E-state index contributed by atoms with van der Waals surface area (Å²) in [6, 6.07) is 10.0. The number of amides is 1. The van der Waals surface area contributed by atoms with E-state index in [4.69, 9.17) is 16.3 Å². The molecular weight excluding hydrogens is 336 g/mol. The fourth-order valence-corrected chi connectivity index (χ4v) is 3.17. The molecule has 23 heavy (non-hydrogen) atoms. The summed E-state index contributed by atoms with van der Waals surface area (Å²) in [6.45, 7) is 0. The summed E-state index contributed by atoms with van der Waals surface area (Å²) in [6.07, 6.45) is 0.156. The summed E-state index contributed by atoms with van der Waals surface area (Å²) in [5.74, 6) is 0.320. The summed E-state index contributed by atoms with van der Waals surface area (Å²) in [5, 5.41) is 13.3. The molecule has 0 aliphatic rings. The van der Waals surface area contributed by atoms with E-state index >= 15 is 0 Å². The second-order valence-electron chi connectivity index (χ2n) is 4.84. The van der Waals surface area contributed by atoms with Crippen LogP contribution in [0.4, 0.5) is 0 Å². The number of hydrogen-bond acceptors (Lipinski definition) is 5. The van der Waals surface area contributed by atoms with E-state index in [1.54, 1.807) is 19.2 Å². The molecule has 0 radical (unpaired) electrons. The van der Waals surface area contributed by atoms with Crippen LogP contribution in [-0.2, 0) is 11.2 Å². The number of carbonyl (C=O) groups is 1. The summed E-state index contributed by atoms with van der Waals surface area (Å²) < 4.78 is 6.69. The minimum atomic E-state index is -0.142. The first-order valence-corrected chi connectivity index (χ1v) is 8.01. The van der Waals surface area contributed by atoms with E-state index in [1.165, 1.54) is 23.5 Å². The number of hydrogen-bond donors (Lipinski definition) is 2. The number of rotatable bonds is 4. The van der Waals surface area contributed by atoms with Gasteiger partial charge in [0.05, 0.1) is 16.6 Å². The fourth-order valence-electron chi connectivity index (χ4n) is 2.06. The summed E-state index contributed by atoms with van der Waals surface area (Å²) in [7, 11) is 1.57. The van der Waals surface area contributed by atoms with Crippen molar-refractivity contribution in [3.05, 3.63) is 47.0 Å². The second-order valence-corrected chi connectivity index (χ2v) is 6.27. The lowest BCUT2D eigenvalue weighted by atomic mass is 10.1. The maximum Gasteiger partial charge on any atom is 0.279 e. The molecule has 118 valence electrons. The molecule has 0 aliphatic heterocycles. The Morgan fingerprint density at radius 1 is 1.35 bits per heavy atom. The Balaban J connectivity index is 1.93. The molecule has 0 unspecified atom stereocenters. The topological polar surface area (TPSA) is 71.5 Å². The van der Waals surface area contributed by atoms with Gasteiger partial charge in [-0.2, -0.15) is 0 Å². The standard InChI is InChI=1S/C16H13ClN2O3S/c1-18-15(21)6-9-2-4-11(20)8-13(9)22-16-19-12-5-3-10(17)7-14(12)23-16/h2-5,7-8,20H,6H2,1H3,(H,18,21). The monoisotopic (exact) mass is 348 g/mol. The van der Waals surface area contributed by atoms with Gasteiger partial charge in [0.2, 0.25) is 5.91 Å². The van der Waals surface area contributed by atoms with Gasteiger partial charge in [0.25, 0.3) is 5.19 Å². The Bertz CT molecular complexity index is 879. The van der Waals surface area contributed by atoms with Crippen LogP contribution in [0.5, 0.6) is 16.7 Å². The van der Waals surface area contributed by atoms with Crippen molar-refractivity contribution in [1.82, 2.24) is 10.3 Å². The van der Waals surface area contributed by atoms with Crippen LogP contribution in [0.1, 0.15) is 5.56 Å². The van der Waals surface area contributed by atoms with Crippen LogP contribution in [0.15, 0.2) is 36.4 Å². The van der Waals surface area contributed by atoms with Gasteiger partial charge in [-0.1, -0.05) is 29.0 Å². The molecule has 7 heteroatoms. The molecule has 0 aliphatic carbocycles. The quantitative estimate of drug-likeness (QED) is 0.753. The number of carbonyl (C=O) groups excluding carboxylic acids is 1. The number of likely N-dealkylation sites (N-methyl/N-ethyl adjacent to an activating group) is 1. The number of phenols is 1. The lowest BCUT2D eigenvalue weighted by molar-refractivity contribution is -0.119. The van der Waals surface area contributed by atoms with E-state index in [9.17, 15) is 9.90 Å². The predicted molar refractivity (Wildman–Crippen MR) is 90.6 cm³/mol. The minimum absolute atomic E-state index is 0.0600. The molecule has 2 N–H and O–H groups in total. The first-order valence-electron chi connectivity index (χ1n) is 6.81. The molecule has 1 aromatic heterocycles.